The van der Waals surface area contributed by atoms with Crippen molar-refractivity contribution in [1.29, 1.82) is 0 Å². The largest absolute Gasteiger partial charge is 0.507 e. The van der Waals surface area contributed by atoms with Crippen LogP contribution in [-0.4, -0.2) is 38.1 Å². The van der Waals surface area contributed by atoms with Gasteiger partial charge in [-0.15, -0.1) is 0 Å². The summed E-state index contributed by atoms with van der Waals surface area (Å²) in [6, 6.07) is 15.7. The van der Waals surface area contributed by atoms with Crippen LogP contribution < -0.4 is 19.1 Å². The van der Waals surface area contributed by atoms with Crippen LogP contribution in [-0.2, 0) is 9.59 Å². The van der Waals surface area contributed by atoms with Crippen molar-refractivity contribution in [3.8, 4) is 17.2 Å². The number of anilines is 1. The van der Waals surface area contributed by atoms with Crippen LogP contribution in [0, 0.1) is 5.82 Å². The summed E-state index contributed by atoms with van der Waals surface area (Å²) in [6.45, 7) is 0. The Balaban J connectivity index is 2.01. The number of aliphatic hydroxyl groups excluding tert-OH is 1. The van der Waals surface area contributed by atoms with E-state index in [9.17, 15) is 14.7 Å². The molecule has 1 saturated heterocycles. The van der Waals surface area contributed by atoms with Crippen molar-refractivity contribution in [2.24, 2.45) is 0 Å². The van der Waals surface area contributed by atoms with Crippen LogP contribution in [0.15, 0.2) is 72.3 Å². The predicted octanol–water partition coefficient (Wildman–Crippen LogP) is 4.48. The van der Waals surface area contributed by atoms with E-state index in [1.807, 2.05) is 0 Å². The predicted molar refractivity (Wildman–Crippen MR) is 124 cm³/mol. The van der Waals surface area contributed by atoms with Crippen molar-refractivity contribution >= 4 is 23.1 Å². The van der Waals surface area contributed by atoms with Crippen molar-refractivity contribution in [2.45, 2.75) is 6.04 Å². The quantitative estimate of drug-likeness (QED) is 0.330. The fraction of sp³-hybridized carbons (Fsp3) is 0.154. The number of nitrogens with zero attached hydrogens (tertiary/aromatic N) is 1. The molecular weight excluding hydrogens is 441 g/mol. The molecule has 1 heterocycles. The molecule has 0 spiro atoms. The van der Waals surface area contributed by atoms with E-state index in [2.05, 4.69) is 0 Å². The number of carbonyl (C=O) groups excluding carboxylic acids is 2. The summed E-state index contributed by atoms with van der Waals surface area (Å²) in [4.78, 5) is 27.7. The molecular formula is C26H22FNO6. The van der Waals surface area contributed by atoms with E-state index in [4.69, 9.17) is 14.2 Å². The second-order valence-electron chi connectivity index (χ2n) is 7.46. The maximum atomic E-state index is 15.0. The molecule has 1 aliphatic rings. The fourth-order valence-electron chi connectivity index (χ4n) is 3.99. The maximum absolute atomic E-state index is 15.0. The monoisotopic (exact) mass is 463 g/mol. The zero-order chi connectivity index (χ0) is 24.4. The Morgan fingerprint density at radius 2 is 1.59 bits per heavy atom. The number of hydrogen-bond donors (Lipinski definition) is 1. The van der Waals surface area contributed by atoms with Gasteiger partial charge >= 0.3 is 0 Å². The lowest BCUT2D eigenvalue weighted by molar-refractivity contribution is -0.132. The number of amides is 1. The van der Waals surface area contributed by atoms with Gasteiger partial charge in [-0.05, 0) is 36.4 Å². The van der Waals surface area contributed by atoms with Gasteiger partial charge in [0.1, 0.15) is 28.8 Å². The summed E-state index contributed by atoms with van der Waals surface area (Å²) < 4.78 is 30.8. The van der Waals surface area contributed by atoms with Gasteiger partial charge in [0.05, 0.1) is 38.5 Å². The van der Waals surface area contributed by atoms with Crippen molar-refractivity contribution in [1.82, 2.24) is 0 Å². The lowest BCUT2D eigenvalue weighted by Gasteiger charge is -2.26. The maximum Gasteiger partial charge on any atom is 0.300 e. The van der Waals surface area contributed by atoms with Gasteiger partial charge in [-0.1, -0.05) is 24.3 Å². The molecule has 1 unspecified atom stereocenters. The third-order valence-corrected chi connectivity index (χ3v) is 5.64. The van der Waals surface area contributed by atoms with E-state index in [-0.39, 0.29) is 22.4 Å². The lowest BCUT2D eigenvalue weighted by Crippen LogP contribution is -2.29. The van der Waals surface area contributed by atoms with Crippen LogP contribution in [0.1, 0.15) is 17.2 Å². The zero-order valence-corrected chi connectivity index (χ0v) is 18.7. The summed E-state index contributed by atoms with van der Waals surface area (Å²) in [6.07, 6.45) is 0. The van der Waals surface area contributed by atoms with Crippen LogP contribution in [0.2, 0.25) is 0 Å². The molecule has 0 saturated carbocycles. The van der Waals surface area contributed by atoms with Crippen molar-refractivity contribution < 1.29 is 33.3 Å². The minimum absolute atomic E-state index is 0.0490. The highest BCUT2D eigenvalue weighted by molar-refractivity contribution is 6.51. The highest BCUT2D eigenvalue weighted by Gasteiger charge is 2.48. The first-order chi connectivity index (χ1) is 16.4. The number of aliphatic hydroxyl groups is 1. The molecule has 3 aromatic rings. The first-order valence-corrected chi connectivity index (χ1v) is 10.3. The summed E-state index contributed by atoms with van der Waals surface area (Å²) >= 11 is 0. The van der Waals surface area contributed by atoms with Gasteiger partial charge in [0.15, 0.2) is 0 Å². The molecule has 0 radical (unpaired) electrons. The standard InChI is InChI=1S/C26H22FNO6/c1-32-16-8-6-7-15(13-16)28-23(18-9-4-5-10-20(18)27)22(25(30)26(28)31)24(29)19-14-17(33-2)11-12-21(19)34-3/h4-14,23,29H,1-3H3/b24-22+. The molecule has 4 rings (SSSR count). The molecule has 0 aromatic heterocycles. The minimum atomic E-state index is -1.23. The number of hydrogen-bond acceptors (Lipinski definition) is 6. The van der Waals surface area contributed by atoms with Crippen LogP contribution in [0.5, 0.6) is 17.2 Å². The molecule has 0 bridgehead atoms. The number of methoxy groups -OCH3 is 3. The molecule has 1 N–H and O–H groups in total. The van der Waals surface area contributed by atoms with E-state index in [0.717, 1.165) is 4.90 Å². The normalized spacial score (nSPS) is 17.1. The molecule has 1 aliphatic heterocycles. The molecule has 1 amide bonds. The highest BCUT2D eigenvalue weighted by Crippen LogP contribution is 2.44. The second-order valence-corrected chi connectivity index (χ2v) is 7.46. The smallest absolute Gasteiger partial charge is 0.300 e. The molecule has 0 aliphatic carbocycles. The second kappa shape index (κ2) is 9.27. The minimum Gasteiger partial charge on any atom is -0.507 e. The third kappa shape index (κ3) is 3.83. The van der Waals surface area contributed by atoms with Gasteiger partial charge in [-0.25, -0.2) is 4.39 Å². The molecule has 1 fully saturated rings. The summed E-state index contributed by atoms with van der Waals surface area (Å²) in [5.74, 6) is -1.92. The summed E-state index contributed by atoms with van der Waals surface area (Å²) in [5.41, 5.74) is 0.218. The number of rotatable bonds is 6. The van der Waals surface area contributed by atoms with E-state index < -0.39 is 29.3 Å². The van der Waals surface area contributed by atoms with Crippen molar-refractivity contribution in [3.05, 3.63) is 89.2 Å². The molecule has 174 valence electrons. The Hall–Kier alpha value is -4.33. The lowest BCUT2D eigenvalue weighted by atomic mass is 9.94. The molecule has 1 atom stereocenters. The molecule has 34 heavy (non-hydrogen) atoms. The first-order valence-electron chi connectivity index (χ1n) is 10.3. The zero-order valence-electron chi connectivity index (χ0n) is 18.7. The molecule has 7 nitrogen and oxygen atoms in total. The van der Waals surface area contributed by atoms with Gasteiger partial charge in [-0.3, -0.25) is 14.5 Å². The number of Topliss-reactive ketones (excluding diaryl/α,β-unsaturated/α-hetero) is 1. The van der Waals surface area contributed by atoms with E-state index in [1.165, 1.54) is 45.6 Å². The average molecular weight is 463 g/mol. The molecule has 3 aromatic carbocycles. The highest BCUT2D eigenvalue weighted by atomic mass is 19.1. The Bertz CT molecular complexity index is 1300. The summed E-state index contributed by atoms with van der Waals surface area (Å²) in [7, 11) is 4.32. The number of ketones is 1. The van der Waals surface area contributed by atoms with Gasteiger partial charge in [0.2, 0.25) is 0 Å². The van der Waals surface area contributed by atoms with Crippen LogP contribution in [0.25, 0.3) is 5.76 Å². The first kappa shape index (κ1) is 22.8. The van der Waals surface area contributed by atoms with Gasteiger partial charge in [-0.2, -0.15) is 0 Å². The van der Waals surface area contributed by atoms with Gasteiger partial charge in [0, 0.05) is 17.3 Å². The summed E-state index contributed by atoms with van der Waals surface area (Å²) in [5, 5.41) is 11.3. The number of carbonyl (C=O) groups is 2. The average Bonchev–Trinajstić information content (AvgIpc) is 3.13. The van der Waals surface area contributed by atoms with Crippen molar-refractivity contribution in [3.63, 3.8) is 0 Å². The SMILES string of the molecule is COc1cccc(N2C(=O)C(=O)/C(=C(/O)c3cc(OC)ccc3OC)C2c2ccccc2F)c1. The van der Waals surface area contributed by atoms with E-state index in [0.29, 0.717) is 17.2 Å². The number of benzene rings is 3. The third-order valence-electron chi connectivity index (χ3n) is 5.64. The number of halogens is 1. The van der Waals surface area contributed by atoms with Crippen LogP contribution in [0.4, 0.5) is 10.1 Å². The Morgan fingerprint density at radius 3 is 2.26 bits per heavy atom. The number of ether oxygens (including phenoxy) is 3. The van der Waals surface area contributed by atoms with E-state index in [1.54, 1.807) is 42.5 Å². The molecule has 8 heteroatoms. The topological polar surface area (TPSA) is 85.3 Å². The fourth-order valence-corrected chi connectivity index (χ4v) is 3.99. The van der Waals surface area contributed by atoms with Crippen molar-refractivity contribution in [2.75, 3.05) is 26.2 Å². The van der Waals surface area contributed by atoms with E-state index >= 15 is 4.39 Å². The Kier molecular flexibility index (Phi) is 6.23. The Labute approximate surface area is 195 Å². The van der Waals surface area contributed by atoms with Gasteiger partial charge < -0.3 is 19.3 Å². The van der Waals surface area contributed by atoms with Crippen LogP contribution in [0.3, 0.4) is 0 Å². The van der Waals surface area contributed by atoms with Crippen LogP contribution >= 0.6 is 0 Å². The van der Waals surface area contributed by atoms with Gasteiger partial charge in [0.25, 0.3) is 11.7 Å². The Morgan fingerprint density at radius 1 is 0.882 bits per heavy atom.